The summed E-state index contributed by atoms with van der Waals surface area (Å²) in [5, 5.41) is 2.63. The molecule has 0 aromatic heterocycles. The number of nitrogens with one attached hydrogen (secondary N) is 1. The zero-order chi connectivity index (χ0) is 17.8. The number of likely N-dealkylation sites (tertiary alicyclic amines) is 1. The van der Waals surface area contributed by atoms with E-state index < -0.39 is 11.6 Å². The van der Waals surface area contributed by atoms with E-state index in [2.05, 4.69) is 5.32 Å². The van der Waals surface area contributed by atoms with Gasteiger partial charge in [-0.1, -0.05) is 18.2 Å². The molecule has 1 aliphatic rings. The number of benzene rings is 2. The van der Waals surface area contributed by atoms with Crippen molar-refractivity contribution in [1.82, 2.24) is 4.90 Å². The van der Waals surface area contributed by atoms with Crippen LogP contribution in [0.3, 0.4) is 0 Å². The summed E-state index contributed by atoms with van der Waals surface area (Å²) >= 11 is 0. The van der Waals surface area contributed by atoms with E-state index in [1.807, 2.05) is 4.90 Å². The minimum absolute atomic E-state index is 0.232. The number of hydrogen-bond donors (Lipinski definition) is 1. The molecule has 0 bridgehead atoms. The highest BCUT2D eigenvalue weighted by Crippen LogP contribution is 2.22. The molecular formula is C19H19F3N2O. The molecule has 1 unspecified atom stereocenters. The number of amides is 1. The molecular weight excluding hydrogens is 329 g/mol. The van der Waals surface area contributed by atoms with Crippen LogP contribution in [-0.4, -0.2) is 23.9 Å². The number of hydrogen-bond acceptors (Lipinski definition) is 2. The number of halogens is 3. The first-order valence-electron chi connectivity index (χ1n) is 8.24. The van der Waals surface area contributed by atoms with Gasteiger partial charge in [-0.2, -0.15) is 0 Å². The maximum Gasteiger partial charge on any atom is 0.228 e. The molecule has 1 saturated heterocycles. The van der Waals surface area contributed by atoms with Crippen molar-refractivity contribution < 1.29 is 18.0 Å². The maximum absolute atomic E-state index is 13.8. The molecule has 2 aromatic carbocycles. The summed E-state index contributed by atoms with van der Waals surface area (Å²) in [4.78, 5) is 14.4. The smallest absolute Gasteiger partial charge is 0.228 e. The molecule has 3 rings (SSSR count). The molecule has 25 heavy (non-hydrogen) atoms. The Morgan fingerprint density at radius 3 is 2.64 bits per heavy atom. The molecule has 1 atom stereocenters. The predicted molar refractivity (Wildman–Crippen MR) is 89.4 cm³/mol. The molecule has 1 amide bonds. The Kier molecular flexibility index (Phi) is 5.38. The summed E-state index contributed by atoms with van der Waals surface area (Å²) in [7, 11) is 0. The van der Waals surface area contributed by atoms with Gasteiger partial charge >= 0.3 is 0 Å². The van der Waals surface area contributed by atoms with Gasteiger partial charge in [0.1, 0.15) is 5.82 Å². The SMILES string of the molecule is O=C(Nc1ccc(F)c(F)c1)C1CCCN(Cc2ccccc2F)C1. The first-order valence-corrected chi connectivity index (χ1v) is 8.24. The molecule has 0 saturated carbocycles. The average Bonchev–Trinajstić information content (AvgIpc) is 2.60. The summed E-state index contributed by atoms with van der Waals surface area (Å²) in [6, 6.07) is 9.87. The fourth-order valence-corrected chi connectivity index (χ4v) is 3.10. The monoisotopic (exact) mass is 348 g/mol. The first-order chi connectivity index (χ1) is 12.0. The van der Waals surface area contributed by atoms with Crippen molar-refractivity contribution in [3.05, 3.63) is 65.5 Å². The summed E-state index contributed by atoms with van der Waals surface area (Å²) in [5.41, 5.74) is 0.833. The Hall–Kier alpha value is -2.34. The number of carbonyl (C=O) groups is 1. The number of anilines is 1. The fourth-order valence-electron chi connectivity index (χ4n) is 3.10. The second-order valence-electron chi connectivity index (χ2n) is 6.28. The largest absolute Gasteiger partial charge is 0.326 e. The van der Waals surface area contributed by atoms with Crippen molar-refractivity contribution in [2.24, 2.45) is 5.92 Å². The normalized spacial score (nSPS) is 18.1. The van der Waals surface area contributed by atoms with Crippen LogP contribution < -0.4 is 5.32 Å². The van der Waals surface area contributed by atoms with E-state index in [9.17, 15) is 18.0 Å². The molecule has 1 N–H and O–H groups in total. The van der Waals surface area contributed by atoms with Gasteiger partial charge in [0.25, 0.3) is 0 Å². The number of nitrogens with zero attached hydrogens (tertiary/aromatic N) is 1. The van der Waals surface area contributed by atoms with Gasteiger partial charge in [-0.15, -0.1) is 0 Å². The van der Waals surface area contributed by atoms with Crippen molar-refractivity contribution in [2.45, 2.75) is 19.4 Å². The summed E-state index contributed by atoms with van der Waals surface area (Å²) in [6.45, 7) is 1.74. The third-order valence-corrected chi connectivity index (χ3v) is 4.42. The topological polar surface area (TPSA) is 32.3 Å². The Morgan fingerprint density at radius 2 is 1.88 bits per heavy atom. The molecule has 0 aliphatic carbocycles. The maximum atomic E-state index is 13.8. The Labute approximate surface area is 144 Å². The lowest BCUT2D eigenvalue weighted by Crippen LogP contribution is -2.40. The van der Waals surface area contributed by atoms with Crippen molar-refractivity contribution in [2.75, 3.05) is 18.4 Å². The molecule has 0 radical (unpaired) electrons. The van der Waals surface area contributed by atoms with Crippen LogP contribution in [-0.2, 0) is 11.3 Å². The Bertz CT molecular complexity index is 766. The predicted octanol–water partition coefficient (Wildman–Crippen LogP) is 3.95. The Balaban J connectivity index is 1.61. The van der Waals surface area contributed by atoms with Crippen molar-refractivity contribution in [1.29, 1.82) is 0 Å². The molecule has 3 nitrogen and oxygen atoms in total. The van der Waals surface area contributed by atoms with E-state index >= 15 is 0 Å². The van der Waals surface area contributed by atoms with Gasteiger partial charge in [0.2, 0.25) is 5.91 Å². The van der Waals surface area contributed by atoms with Crippen molar-refractivity contribution in [3.8, 4) is 0 Å². The molecule has 0 spiro atoms. The third kappa shape index (κ3) is 4.39. The van der Waals surface area contributed by atoms with E-state index in [1.54, 1.807) is 18.2 Å². The summed E-state index contributed by atoms with van der Waals surface area (Å²) in [6.07, 6.45) is 1.54. The Morgan fingerprint density at radius 1 is 1.08 bits per heavy atom. The van der Waals surface area contributed by atoms with Gasteiger partial charge in [0.15, 0.2) is 11.6 Å². The minimum atomic E-state index is -0.998. The highest BCUT2D eigenvalue weighted by atomic mass is 19.2. The number of carbonyl (C=O) groups excluding carboxylic acids is 1. The quantitative estimate of drug-likeness (QED) is 0.907. The lowest BCUT2D eigenvalue weighted by molar-refractivity contribution is -0.121. The van der Waals surface area contributed by atoms with Gasteiger partial charge in [-0.25, -0.2) is 13.2 Å². The number of piperidine rings is 1. The van der Waals surface area contributed by atoms with Crippen LogP contribution in [0.2, 0.25) is 0 Å². The average molecular weight is 348 g/mol. The van der Waals surface area contributed by atoms with Gasteiger partial charge < -0.3 is 5.32 Å². The van der Waals surface area contributed by atoms with Crippen LogP contribution in [0, 0.1) is 23.4 Å². The van der Waals surface area contributed by atoms with Crippen molar-refractivity contribution in [3.63, 3.8) is 0 Å². The first kappa shape index (κ1) is 17.5. The van der Waals surface area contributed by atoms with E-state index in [0.29, 0.717) is 25.1 Å². The molecule has 2 aromatic rings. The summed E-state index contributed by atoms with van der Waals surface area (Å²) < 4.78 is 40.0. The molecule has 1 aliphatic heterocycles. The van der Waals surface area contributed by atoms with Crippen LogP contribution in [0.4, 0.5) is 18.9 Å². The fraction of sp³-hybridized carbons (Fsp3) is 0.316. The van der Waals surface area contributed by atoms with E-state index in [1.165, 1.54) is 12.1 Å². The van der Waals surface area contributed by atoms with Crippen LogP contribution in [0.15, 0.2) is 42.5 Å². The van der Waals surface area contributed by atoms with E-state index in [-0.39, 0.29) is 23.3 Å². The van der Waals surface area contributed by atoms with Gasteiger partial charge in [-0.05, 0) is 37.6 Å². The van der Waals surface area contributed by atoms with Gasteiger partial charge in [-0.3, -0.25) is 9.69 Å². The standard InChI is InChI=1S/C19H19F3N2O/c20-16-6-2-1-4-13(16)11-24-9-3-5-14(12-24)19(25)23-15-7-8-17(21)18(22)10-15/h1-2,4,6-8,10,14H,3,5,9,11-12H2,(H,23,25). The molecule has 1 fully saturated rings. The number of rotatable bonds is 4. The van der Waals surface area contributed by atoms with Crippen LogP contribution in [0.5, 0.6) is 0 Å². The van der Waals surface area contributed by atoms with Gasteiger partial charge in [0.05, 0.1) is 5.92 Å². The van der Waals surface area contributed by atoms with E-state index in [0.717, 1.165) is 25.1 Å². The minimum Gasteiger partial charge on any atom is -0.326 e. The van der Waals surface area contributed by atoms with Crippen molar-refractivity contribution >= 4 is 11.6 Å². The summed E-state index contributed by atoms with van der Waals surface area (Å²) in [5.74, 6) is -2.71. The molecule has 1 heterocycles. The van der Waals surface area contributed by atoms with Crippen LogP contribution in [0.25, 0.3) is 0 Å². The van der Waals surface area contributed by atoms with Crippen LogP contribution >= 0.6 is 0 Å². The highest BCUT2D eigenvalue weighted by Gasteiger charge is 2.26. The van der Waals surface area contributed by atoms with Gasteiger partial charge in [0, 0.05) is 30.4 Å². The third-order valence-electron chi connectivity index (χ3n) is 4.42. The lowest BCUT2D eigenvalue weighted by Gasteiger charge is -2.32. The second-order valence-corrected chi connectivity index (χ2v) is 6.28. The van der Waals surface area contributed by atoms with Crippen LogP contribution in [0.1, 0.15) is 18.4 Å². The van der Waals surface area contributed by atoms with E-state index in [4.69, 9.17) is 0 Å². The zero-order valence-electron chi connectivity index (χ0n) is 13.6. The highest BCUT2D eigenvalue weighted by molar-refractivity contribution is 5.92. The lowest BCUT2D eigenvalue weighted by atomic mass is 9.96. The molecule has 6 heteroatoms. The second kappa shape index (κ2) is 7.70. The zero-order valence-corrected chi connectivity index (χ0v) is 13.6. The molecule has 132 valence electrons.